The monoisotopic (exact) mass is 245 g/mol. The number of aryl methyl sites for hydroxylation is 1. The Morgan fingerprint density at radius 2 is 2.17 bits per heavy atom. The van der Waals surface area contributed by atoms with Gasteiger partial charge in [-0.1, -0.05) is 19.1 Å². The van der Waals surface area contributed by atoms with E-state index < -0.39 is 0 Å². The molecule has 0 saturated heterocycles. The van der Waals surface area contributed by atoms with Gasteiger partial charge in [-0.3, -0.25) is 0 Å². The number of furan rings is 1. The summed E-state index contributed by atoms with van der Waals surface area (Å²) in [7, 11) is 0. The maximum atomic E-state index is 5.73. The standard InChI is InChI=1S/C15H19NO2/c1-3-16-10-13-7-8-17-15(13)11-18-14-6-4-5-12(2)9-14/h4-9,16H,3,10-11H2,1-2H3. The quantitative estimate of drug-likeness (QED) is 0.848. The van der Waals surface area contributed by atoms with Crippen molar-refractivity contribution in [3.63, 3.8) is 0 Å². The van der Waals surface area contributed by atoms with Crippen LogP contribution < -0.4 is 10.1 Å². The second-order valence-corrected chi connectivity index (χ2v) is 4.25. The molecule has 0 atom stereocenters. The Hall–Kier alpha value is -1.74. The molecule has 2 rings (SSSR count). The molecule has 1 N–H and O–H groups in total. The van der Waals surface area contributed by atoms with Crippen LogP contribution in [0.4, 0.5) is 0 Å². The summed E-state index contributed by atoms with van der Waals surface area (Å²) in [5.74, 6) is 1.76. The van der Waals surface area contributed by atoms with Crippen molar-refractivity contribution in [2.45, 2.75) is 27.0 Å². The number of hydrogen-bond donors (Lipinski definition) is 1. The van der Waals surface area contributed by atoms with Gasteiger partial charge in [-0.05, 0) is 37.2 Å². The molecule has 0 aliphatic carbocycles. The Morgan fingerprint density at radius 1 is 1.28 bits per heavy atom. The van der Waals surface area contributed by atoms with Crippen molar-refractivity contribution in [2.24, 2.45) is 0 Å². The molecule has 18 heavy (non-hydrogen) atoms. The van der Waals surface area contributed by atoms with E-state index in [0.717, 1.165) is 30.2 Å². The predicted molar refractivity (Wildman–Crippen MR) is 71.6 cm³/mol. The van der Waals surface area contributed by atoms with Gasteiger partial charge in [-0.25, -0.2) is 0 Å². The first-order chi connectivity index (χ1) is 8.79. The molecule has 0 bridgehead atoms. The molecule has 0 aliphatic rings. The fourth-order valence-electron chi connectivity index (χ4n) is 1.76. The lowest BCUT2D eigenvalue weighted by atomic mass is 10.2. The molecule has 0 saturated carbocycles. The number of hydrogen-bond acceptors (Lipinski definition) is 3. The van der Waals surface area contributed by atoms with Crippen molar-refractivity contribution in [3.8, 4) is 5.75 Å². The van der Waals surface area contributed by atoms with E-state index in [2.05, 4.69) is 25.2 Å². The Morgan fingerprint density at radius 3 is 2.94 bits per heavy atom. The molecule has 1 heterocycles. The first-order valence-corrected chi connectivity index (χ1v) is 6.25. The van der Waals surface area contributed by atoms with Gasteiger partial charge in [0.1, 0.15) is 18.1 Å². The van der Waals surface area contributed by atoms with Crippen LogP contribution in [0.2, 0.25) is 0 Å². The molecule has 0 aliphatic heterocycles. The smallest absolute Gasteiger partial charge is 0.146 e. The topological polar surface area (TPSA) is 34.4 Å². The van der Waals surface area contributed by atoms with Crippen molar-refractivity contribution in [3.05, 3.63) is 53.5 Å². The number of benzene rings is 1. The van der Waals surface area contributed by atoms with E-state index in [1.807, 2.05) is 24.3 Å². The van der Waals surface area contributed by atoms with Gasteiger partial charge in [0.05, 0.1) is 6.26 Å². The van der Waals surface area contributed by atoms with Crippen LogP contribution in [0.1, 0.15) is 23.8 Å². The lowest BCUT2D eigenvalue weighted by Crippen LogP contribution is -2.12. The van der Waals surface area contributed by atoms with Crippen LogP contribution in [-0.4, -0.2) is 6.54 Å². The molecule has 2 aromatic rings. The van der Waals surface area contributed by atoms with E-state index in [1.54, 1.807) is 6.26 Å². The van der Waals surface area contributed by atoms with Gasteiger partial charge in [-0.15, -0.1) is 0 Å². The highest BCUT2D eigenvalue weighted by Crippen LogP contribution is 2.17. The average Bonchev–Trinajstić information content (AvgIpc) is 2.81. The third kappa shape index (κ3) is 3.37. The van der Waals surface area contributed by atoms with Crippen LogP contribution in [0.3, 0.4) is 0 Å². The van der Waals surface area contributed by atoms with Gasteiger partial charge < -0.3 is 14.5 Å². The second-order valence-electron chi connectivity index (χ2n) is 4.25. The van der Waals surface area contributed by atoms with E-state index >= 15 is 0 Å². The fraction of sp³-hybridized carbons (Fsp3) is 0.333. The van der Waals surface area contributed by atoms with Crippen molar-refractivity contribution >= 4 is 0 Å². The van der Waals surface area contributed by atoms with Crippen molar-refractivity contribution in [1.29, 1.82) is 0 Å². The summed E-state index contributed by atoms with van der Waals surface area (Å²) >= 11 is 0. The number of nitrogens with one attached hydrogen (secondary N) is 1. The third-order valence-electron chi connectivity index (χ3n) is 2.76. The molecule has 3 nitrogen and oxygen atoms in total. The number of ether oxygens (including phenoxy) is 1. The lowest BCUT2D eigenvalue weighted by Gasteiger charge is -2.07. The zero-order valence-electron chi connectivity index (χ0n) is 10.9. The minimum Gasteiger partial charge on any atom is -0.486 e. The summed E-state index contributed by atoms with van der Waals surface area (Å²) in [4.78, 5) is 0. The van der Waals surface area contributed by atoms with Crippen LogP contribution in [0.5, 0.6) is 5.75 Å². The van der Waals surface area contributed by atoms with Gasteiger partial charge in [0.15, 0.2) is 0 Å². The highest BCUT2D eigenvalue weighted by atomic mass is 16.5. The first-order valence-electron chi connectivity index (χ1n) is 6.25. The van der Waals surface area contributed by atoms with Crippen LogP contribution >= 0.6 is 0 Å². The Labute approximate surface area is 108 Å². The third-order valence-corrected chi connectivity index (χ3v) is 2.76. The van der Waals surface area contributed by atoms with E-state index in [-0.39, 0.29) is 0 Å². The van der Waals surface area contributed by atoms with Gasteiger partial charge in [-0.2, -0.15) is 0 Å². The van der Waals surface area contributed by atoms with E-state index in [0.29, 0.717) is 6.61 Å². The molecular formula is C15H19NO2. The molecule has 0 amide bonds. The normalized spacial score (nSPS) is 10.6. The van der Waals surface area contributed by atoms with Crippen LogP contribution in [0.25, 0.3) is 0 Å². The van der Waals surface area contributed by atoms with Gasteiger partial charge in [0, 0.05) is 12.1 Å². The Bertz CT molecular complexity index is 491. The molecule has 1 aromatic carbocycles. The minimum absolute atomic E-state index is 0.469. The van der Waals surface area contributed by atoms with Gasteiger partial charge in [0.25, 0.3) is 0 Å². The first kappa shape index (κ1) is 12.7. The highest BCUT2D eigenvalue weighted by Gasteiger charge is 2.06. The summed E-state index contributed by atoms with van der Waals surface area (Å²) in [6, 6.07) is 10.0. The maximum absolute atomic E-state index is 5.73. The SMILES string of the molecule is CCNCc1ccoc1COc1cccc(C)c1. The lowest BCUT2D eigenvalue weighted by molar-refractivity contribution is 0.268. The molecule has 0 spiro atoms. The summed E-state index contributed by atoms with van der Waals surface area (Å²) < 4.78 is 11.2. The maximum Gasteiger partial charge on any atom is 0.146 e. The molecule has 0 fully saturated rings. The van der Waals surface area contributed by atoms with E-state index in [4.69, 9.17) is 9.15 Å². The summed E-state index contributed by atoms with van der Waals surface area (Å²) in [5, 5.41) is 3.28. The van der Waals surface area contributed by atoms with Crippen molar-refractivity contribution < 1.29 is 9.15 Å². The summed E-state index contributed by atoms with van der Waals surface area (Å²) in [6.45, 7) is 6.37. The molecule has 0 radical (unpaired) electrons. The van der Waals surface area contributed by atoms with E-state index in [9.17, 15) is 0 Å². The summed E-state index contributed by atoms with van der Waals surface area (Å²) in [6.07, 6.45) is 1.71. The van der Waals surface area contributed by atoms with E-state index in [1.165, 1.54) is 5.56 Å². The fourth-order valence-corrected chi connectivity index (χ4v) is 1.76. The molecule has 3 heteroatoms. The molecule has 96 valence electrons. The average molecular weight is 245 g/mol. The minimum atomic E-state index is 0.469. The zero-order chi connectivity index (χ0) is 12.8. The second kappa shape index (κ2) is 6.26. The largest absolute Gasteiger partial charge is 0.486 e. The van der Waals surface area contributed by atoms with Gasteiger partial charge >= 0.3 is 0 Å². The highest BCUT2D eigenvalue weighted by molar-refractivity contribution is 5.27. The molecule has 0 unspecified atom stereocenters. The van der Waals surface area contributed by atoms with Crippen LogP contribution in [0.15, 0.2) is 41.0 Å². The summed E-state index contributed by atoms with van der Waals surface area (Å²) in [5.41, 5.74) is 2.35. The Balaban J connectivity index is 1.95. The Kier molecular flexibility index (Phi) is 4.42. The van der Waals surface area contributed by atoms with Crippen molar-refractivity contribution in [1.82, 2.24) is 5.32 Å². The number of rotatable bonds is 6. The van der Waals surface area contributed by atoms with Gasteiger partial charge in [0.2, 0.25) is 0 Å². The predicted octanol–water partition coefficient (Wildman–Crippen LogP) is 3.28. The molecular weight excluding hydrogens is 226 g/mol. The van der Waals surface area contributed by atoms with Crippen LogP contribution in [0, 0.1) is 6.92 Å². The van der Waals surface area contributed by atoms with Crippen LogP contribution in [-0.2, 0) is 13.2 Å². The van der Waals surface area contributed by atoms with Crippen molar-refractivity contribution in [2.75, 3.05) is 6.54 Å². The zero-order valence-corrected chi connectivity index (χ0v) is 10.9. The molecule has 1 aromatic heterocycles.